The first-order valence-electron chi connectivity index (χ1n) is 9.03. The van der Waals surface area contributed by atoms with Gasteiger partial charge in [-0.2, -0.15) is 0 Å². The number of carbonyl (C=O) groups excluding carboxylic acids is 1. The molecule has 1 aromatic rings. The van der Waals surface area contributed by atoms with Crippen molar-refractivity contribution < 1.29 is 9.53 Å². The second-order valence-electron chi connectivity index (χ2n) is 8.13. The highest BCUT2D eigenvalue weighted by atomic mass is 16.5. The summed E-state index contributed by atoms with van der Waals surface area (Å²) < 4.78 is 5.45. The monoisotopic (exact) mass is 313 g/mol. The Hall–Kier alpha value is -1.51. The van der Waals surface area contributed by atoms with Gasteiger partial charge in [0.25, 0.3) is 0 Å². The number of carbonyl (C=O) groups is 1. The zero-order valence-corrected chi connectivity index (χ0v) is 14.2. The van der Waals surface area contributed by atoms with Gasteiger partial charge in [0.1, 0.15) is 5.75 Å². The molecule has 0 aliphatic heterocycles. The number of rotatable bonds is 4. The largest absolute Gasteiger partial charge is 0.496 e. The molecule has 0 saturated heterocycles. The normalized spacial score (nSPS) is 35.8. The SMILES string of the molecule is COc1ccccc1[C@@H](C)NC(=O)C12CC3CC(CC(C3)C1)C2. The maximum atomic E-state index is 13.1. The summed E-state index contributed by atoms with van der Waals surface area (Å²) in [6.07, 6.45) is 7.45. The topological polar surface area (TPSA) is 38.3 Å². The van der Waals surface area contributed by atoms with Gasteiger partial charge in [0.2, 0.25) is 5.91 Å². The smallest absolute Gasteiger partial charge is 0.226 e. The van der Waals surface area contributed by atoms with Crippen LogP contribution in [-0.2, 0) is 4.79 Å². The summed E-state index contributed by atoms with van der Waals surface area (Å²) in [5.74, 6) is 3.54. The minimum atomic E-state index is -0.0783. The van der Waals surface area contributed by atoms with E-state index in [0.717, 1.165) is 48.3 Å². The van der Waals surface area contributed by atoms with Gasteiger partial charge >= 0.3 is 0 Å². The first kappa shape index (κ1) is 15.0. The Labute approximate surface area is 138 Å². The Bertz CT molecular complexity index is 574. The summed E-state index contributed by atoms with van der Waals surface area (Å²) in [5.41, 5.74) is 0.985. The van der Waals surface area contributed by atoms with Gasteiger partial charge in [-0.15, -0.1) is 0 Å². The van der Waals surface area contributed by atoms with Crippen molar-refractivity contribution in [2.24, 2.45) is 23.2 Å². The lowest BCUT2D eigenvalue weighted by molar-refractivity contribution is -0.147. The molecular formula is C20H27NO2. The van der Waals surface area contributed by atoms with E-state index in [0.29, 0.717) is 0 Å². The van der Waals surface area contributed by atoms with Crippen molar-refractivity contribution >= 4 is 5.91 Å². The quantitative estimate of drug-likeness (QED) is 0.909. The summed E-state index contributed by atoms with van der Waals surface area (Å²) in [7, 11) is 1.69. The lowest BCUT2D eigenvalue weighted by atomic mass is 9.49. The van der Waals surface area contributed by atoms with Crippen molar-refractivity contribution in [2.45, 2.75) is 51.5 Å². The average molecular weight is 313 g/mol. The Morgan fingerprint density at radius 3 is 2.26 bits per heavy atom. The van der Waals surface area contributed by atoms with Gasteiger partial charge in [-0.3, -0.25) is 4.79 Å². The Morgan fingerprint density at radius 1 is 1.13 bits per heavy atom. The molecule has 0 unspecified atom stereocenters. The van der Waals surface area contributed by atoms with Crippen molar-refractivity contribution in [2.75, 3.05) is 7.11 Å². The fraction of sp³-hybridized carbons (Fsp3) is 0.650. The van der Waals surface area contributed by atoms with Crippen molar-refractivity contribution in [3.63, 3.8) is 0 Å². The Kier molecular flexibility index (Phi) is 3.62. The van der Waals surface area contributed by atoms with Gasteiger partial charge in [-0.25, -0.2) is 0 Å². The molecule has 1 atom stereocenters. The van der Waals surface area contributed by atoms with Gasteiger partial charge in [0.05, 0.1) is 13.2 Å². The number of benzene rings is 1. The van der Waals surface area contributed by atoms with Crippen LogP contribution < -0.4 is 10.1 Å². The number of methoxy groups -OCH3 is 1. The molecule has 3 heteroatoms. The highest BCUT2D eigenvalue weighted by Crippen LogP contribution is 2.60. The fourth-order valence-electron chi connectivity index (χ4n) is 5.84. The number of amides is 1. The predicted molar refractivity (Wildman–Crippen MR) is 90.2 cm³/mol. The molecule has 124 valence electrons. The highest BCUT2D eigenvalue weighted by molar-refractivity contribution is 5.83. The lowest BCUT2D eigenvalue weighted by Gasteiger charge is -2.55. The van der Waals surface area contributed by atoms with Crippen molar-refractivity contribution in [1.29, 1.82) is 0 Å². The number of hydrogen-bond acceptors (Lipinski definition) is 2. The molecule has 4 aliphatic carbocycles. The second kappa shape index (κ2) is 5.54. The van der Waals surface area contributed by atoms with Gasteiger partial charge in [-0.05, 0) is 69.3 Å². The van der Waals surface area contributed by atoms with E-state index in [1.165, 1.54) is 19.3 Å². The van der Waals surface area contributed by atoms with Crippen LogP contribution in [0.15, 0.2) is 24.3 Å². The van der Waals surface area contributed by atoms with Crippen LogP contribution >= 0.6 is 0 Å². The third-order valence-electron chi connectivity index (χ3n) is 6.47. The van der Waals surface area contributed by atoms with Crippen LogP contribution in [-0.4, -0.2) is 13.0 Å². The number of nitrogens with one attached hydrogen (secondary N) is 1. The molecule has 4 fully saturated rings. The summed E-state index contributed by atoms with van der Waals surface area (Å²) in [5, 5.41) is 3.31. The second-order valence-corrected chi connectivity index (χ2v) is 8.13. The molecule has 23 heavy (non-hydrogen) atoms. The van der Waals surface area contributed by atoms with Gasteiger partial charge < -0.3 is 10.1 Å². The van der Waals surface area contributed by atoms with E-state index in [1.54, 1.807) is 7.11 Å². The van der Waals surface area contributed by atoms with E-state index in [1.807, 2.05) is 24.3 Å². The zero-order valence-electron chi connectivity index (χ0n) is 14.2. The molecule has 0 aromatic heterocycles. The minimum absolute atomic E-state index is 0.00773. The zero-order chi connectivity index (χ0) is 16.0. The molecule has 0 spiro atoms. The summed E-state index contributed by atoms with van der Waals surface area (Å²) >= 11 is 0. The van der Waals surface area contributed by atoms with Crippen LogP contribution in [0.5, 0.6) is 5.75 Å². The van der Waals surface area contributed by atoms with E-state index in [9.17, 15) is 4.79 Å². The average Bonchev–Trinajstić information content (AvgIpc) is 2.53. The van der Waals surface area contributed by atoms with Crippen molar-refractivity contribution in [1.82, 2.24) is 5.32 Å². The first-order valence-corrected chi connectivity index (χ1v) is 9.03. The number of hydrogen-bond donors (Lipinski definition) is 1. The minimum Gasteiger partial charge on any atom is -0.496 e. The van der Waals surface area contributed by atoms with E-state index < -0.39 is 0 Å². The summed E-state index contributed by atoms with van der Waals surface area (Å²) in [4.78, 5) is 13.1. The third kappa shape index (κ3) is 2.54. The van der Waals surface area contributed by atoms with Crippen LogP contribution in [0.25, 0.3) is 0 Å². The molecule has 0 heterocycles. The first-order chi connectivity index (χ1) is 11.1. The van der Waals surface area contributed by atoms with E-state index in [-0.39, 0.29) is 17.4 Å². The molecule has 4 bridgehead atoms. The van der Waals surface area contributed by atoms with Crippen LogP contribution in [0.2, 0.25) is 0 Å². The molecule has 4 aliphatic rings. The Balaban J connectivity index is 1.51. The molecule has 4 saturated carbocycles. The summed E-state index contributed by atoms with van der Waals surface area (Å²) in [6.45, 7) is 2.07. The van der Waals surface area contributed by atoms with Gasteiger partial charge in [-0.1, -0.05) is 18.2 Å². The molecule has 0 radical (unpaired) electrons. The third-order valence-corrected chi connectivity index (χ3v) is 6.47. The lowest BCUT2D eigenvalue weighted by Crippen LogP contribution is -2.53. The number of ether oxygens (including phenoxy) is 1. The van der Waals surface area contributed by atoms with E-state index in [2.05, 4.69) is 12.2 Å². The standard InChI is InChI=1S/C20H27NO2/c1-13(17-5-3-4-6-18(17)23-2)21-19(22)20-10-14-7-15(11-20)9-16(8-14)12-20/h3-6,13-16H,7-12H2,1-2H3,(H,21,22)/t13-,14?,15?,16?,20?/m1/s1. The molecule has 1 N–H and O–H groups in total. The van der Waals surface area contributed by atoms with Crippen molar-refractivity contribution in [3.05, 3.63) is 29.8 Å². The van der Waals surface area contributed by atoms with Crippen LogP contribution in [0.1, 0.15) is 57.1 Å². The highest BCUT2D eigenvalue weighted by Gasteiger charge is 2.54. The molecular weight excluding hydrogens is 286 g/mol. The van der Waals surface area contributed by atoms with Crippen LogP contribution in [0, 0.1) is 23.2 Å². The maximum Gasteiger partial charge on any atom is 0.226 e. The molecule has 1 aromatic carbocycles. The van der Waals surface area contributed by atoms with Crippen LogP contribution in [0.4, 0.5) is 0 Å². The van der Waals surface area contributed by atoms with Gasteiger partial charge in [0.15, 0.2) is 0 Å². The van der Waals surface area contributed by atoms with Crippen LogP contribution in [0.3, 0.4) is 0 Å². The van der Waals surface area contributed by atoms with E-state index >= 15 is 0 Å². The fourth-order valence-corrected chi connectivity index (χ4v) is 5.84. The van der Waals surface area contributed by atoms with Gasteiger partial charge in [0, 0.05) is 11.0 Å². The molecule has 1 amide bonds. The van der Waals surface area contributed by atoms with Crippen molar-refractivity contribution in [3.8, 4) is 5.75 Å². The predicted octanol–water partition coefficient (Wildman–Crippen LogP) is 4.09. The van der Waals surface area contributed by atoms with E-state index in [4.69, 9.17) is 4.74 Å². The Morgan fingerprint density at radius 2 is 1.70 bits per heavy atom. The maximum absolute atomic E-state index is 13.1. The summed E-state index contributed by atoms with van der Waals surface area (Å²) in [6, 6.07) is 7.97. The molecule has 3 nitrogen and oxygen atoms in total. The number of para-hydroxylation sites is 1. The molecule has 5 rings (SSSR count).